The predicted octanol–water partition coefficient (Wildman–Crippen LogP) is 1.44. The highest BCUT2D eigenvalue weighted by atomic mass is 16.5. The van der Waals surface area contributed by atoms with Crippen LogP contribution in [-0.4, -0.2) is 44.7 Å². The van der Waals surface area contributed by atoms with Gasteiger partial charge < -0.3 is 15.0 Å². The lowest BCUT2D eigenvalue weighted by Gasteiger charge is -2.13. The molecule has 0 aromatic heterocycles. The van der Waals surface area contributed by atoms with Gasteiger partial charge in [-0.1, -0.05) is 12.1 Å². The zero-order chi connectivity index (χ0) is 19.7. The molecule has 0 aliphatic heterocycles. The molecular formula is C18H22N4O4. The first kappa shape index (κ1) is 20.7. The number of benzene rings is 1. The van der Waals surface area contributed by atoms with Crippen molar-refractivity contribution in [2.45, 2.75) is 20.0 Å². The van der Waals surface area contributed by atoms with Crippen molar-refractivity contribution in [3.8, 4) is 6.07 Å². The standard InChI is InChI=1S/C18H22N4O4/c1-5-20-18(25)21-16(23)12(2)26-17(24)14(11-19)10-13-6-8-15(9-7-13)22(3)4/h6-10,12H,5H2,1-4H3,(H2,20,21,23,25)/b14-10+. The quantitative estimate of drug-likeness (QED) is 0.452. The second-order valence-corrected chi connectivity index (χ2v) is 5.55. The molecule has 0 radical (unpaired) electrons. The Labute approximate surface area is 152 Å². The van der Waals surface area contributed by atoms with Gasteiger partial charge in [0.15, 0.2) is 6.10 Å². The van der Waals surface area contributed by atoms with E-state index in [1.165, 1.54) is 13.0 Å². The molecule has 0 aliphatic rings. The van der Waals surface area contributed by atoms with E-state index in [0.717, 1.165) is 5.69 Å². The molecule has 8 heteroatoms. The summed E-state index contributed by atoms with van der Waals surface area (Å²) in [5, 5.41) is 13.6. The lowest BCUT2D eigenvalue weighted by molar-refractivity contribution is -0.150. The maximum Gasteiger partial charge on any atom is 0.349 e. The number of nitrogens with zero attached hydrogens (tertiary/aromatic N) is 2. The number of carbonyl (C=O) groups excluding carboxylic acids is 3. The molecule has 1 atom stereocenters. The van der Waals surface area contributed by atoms with Gasteiger partial charge in [-0.3, -0.25) is 10.1 Å². The molecule has 1 rings (SSSR count). The van der Waals surface area contributed by atoms with Crippen LogP contribution in [0.4, 0.5) is 10.5 Å². The zero-order valence-electron chi connectivity index (χ0n) is 15.2. The molecule has 8 nitrogen and oxygen atoms in total. The summed E-state index contributed by atoms with van der Waals surface area (Å²) >= 11 is 0. The van der Waals surface area contributed by atoms with Crippen molar-refractivity contribution in [3.05, 3.63) is 35.4 Å². The zero-order valence-corrected chi connectivity index (χ0v) is 15.2. The molecule has 0 heterocycles. The Bertz CT molecular complexity index is 733. The Morgan fingerprint density at radius 3 is 2.38 bits per heavy atom. The van der Waals surface area contributed by atoms with Gasteiger partial charge in [0.05, 0.1) is 0 Å². The molecule has 1 aromatic carbocycles. The number of nitriles is 1. The molecule has 26 heavy (non-hydrogen) atoms. The SMILES string of the molecule is CCNC(=O)NC(=O)C(C)OC(=O)/C(C#N)=C/c1ccc(N(C)C)cc1. The van der Waals surface area contributed by atoms with E-state index in [1.54, 1.807) is 25.1 Å². The normalized spacial score (nSPS) is 11.7. The number of imide groups is 1. The van der Waals surface area contributed by atoms with E-state index in [2.05, 4.69) is 5.32 Å². The van der Waals surface area contributed by atoms with E-state index in [0.29, 0.717) is 12.1 Å². The van der Waals surface area contributed by atoms with Crippen LogP contribution in [0.15, 0.2) is 29.8 Å². The number of nitrogens with one attached hydrogen (secondary N) is 2. The highest BCUT2D eigenvalue weighted by Crippen LogP contribution is 2.15. The first-order chi connectivity index (χ1) is 12.3. The van der Waals surface area contributed by atoms with Crippen LogP contribution in [0.25, 0.3) is 6.08 Å². The van der Waals surface area contributed by atoms with Crippen LogP contribution in [0.3, 0.4) is 0 Å². The Morgan fingerprint density at radius 1 is 1.27 bits per heavy atom. The molecule has 0 saturated carbocycles. The van der Waals surface area contributed by atoms with Crippen molar-refractivity contribution < 1.29 is 19.1 Å². The van der Waals surface area contributed by atoms with Gasteiger partial charge in [0.25, 0.3) is 5.91 Å². The van der Waals surface area contributed by atoms with Gasteiger partial charge in [-0.25, -0.2) is 9.59 Å². The molecule has 0 aliphatic carbocycles. The maximum absolute atomic E-state index is 12.1. The topological polar surface area (TPSA) is 112 Å². The maximum atomic E-state index is 12.1. The highest BCUT2D eigenvalue weighted by Gasteiger charge is 2.22. The third kappa shape index (κ3) is 6.28. The van der Waals surface area contributed by atoms with Crippen LogP contribution in [-0.2, 0) is 14.3 Å². The first-order valence-corrected chi connectivity index (χ1v) is 7.97. The molecule has 0 spiro atoms. The summed E-state index contributed by atoms with van der Waals surface area (Å²) in [6.45, 7) is 3.36. The summed E-state index contributed by atoms with van der Waals surface area (Å²) in [6, 6.07) is 8.27. The van der Waals surface area contributed by atoms with Crippen molar-refractivity contribution in [1.29, 1.82) is 5.26 Å². The second kappa shape index (κ2) is 9.84. The average molecular weight is 358 g/mol. The summed E-state index contributed by atoms with van der Waals surface area (Å²) in [5.74, 6) is -1.72. The van der Waals surface area contributed by atoms with Crippen molar-refractivity contribution in [1.82, 2.24) is 10.6 Å². The third-order valence-electron chi connectivity index (χ3n) is 3.29. The summed E-state index contributed by atoms with van der Waals surface area (Å²) in [5.41, 5.74) is 1.36. The number of carbonyl (C=O) groups is 3. The number of anilines is 1. The molecule has 2 N–H and O–H groups in total. The Kier molecular flexibility index (Phi) is 7.83. The lowest BCUT2D eigenvalue weighted by Crippen LogP contribution is -2.44. The average Bonchev–Trinajstić information content (AvgIpc) is 2.59. The fraction of sp³-hybridized carbons (Fsp3) is 0.333. The van der Waals surface area contributed by atoms with Gasteiger partial charge in [-0.15, -0.1) is 0 Å². The van der Waals surface area contributed by atoms with Gasteiger partial charge in [0.2, 0.25) is 0 Å². The molecule has 1 unspecified atom stereocenters. The summed E-state index contributed by atoms with van der Waals surface area (Å²) in [6.07, 6.45) is 0.147. The number of amides is 3. The van der Waals surface area contributed by atoms with Gasteiger partial charge >= 0.3 is 12.0 Å². The minimum Gasteiger partial charge on any atom is -0.448 e. The first-order valence-electron chi connectivity index (χ1n) is 7.97. The van der Waals surface area contributed by atoms with Crippen LogP contribution in [0.5, 0.6) is 0 Å². The van der Waals surface area contributed by atoms with Crippen molar-refractivity contribution >= 4 is 29.7 Å². The molecule has 0 saturated heterocycles. The van der Waals surface area contributed by atoms with E-state index >= 15 is 0 Å². The minimum absolute atomic E-state index is 0.250. The van der Waals surface area contributed by atoms with Crippen molar-refractivity contribution in [3.63, 3.8) is 0 Å². The van der Waals surface area contributed by atoms with Crippen LogP contribution in [0.2, 0.25) is 0 Å². The summed E-state index contributed by atoms with van der Waals surface area (Å²) in [7, 11) is 3.80. The molecule has 138 valence electrons. The fourth-order valence-corrected chi connectivity index (χ4v) is 1.87. The number of rotatable bonds is 6. The van der Waals surface area contributed by atoms with Crippen molar-refractivity contribution in [2.24, 2.45) is 0 Å². The van der Waals surface area contributed by atoms with E-state index in [4.69, 9.17) is 4.74 Å². The summed E-state index contributed by atoms with van der Waals surface area (Å²) in [4.78, 5) is 37.1. The Hall–Kier alpha value is -3.34. The fourth-order valence-electron chi connectivity index (χ4n) is 1.87. The van der Waals surface area contributed by atoms with Gasteiger partial charge in [0, 0.05) is 26.3 Å². The Morgan fingerprint density at radius 2 is 1.88 bits per heavy atom. The molecule has 0 bridgehead atoms. The number of urea groups is 1. The lowest BCUT2D eigenvalue weighted by atomic mass is 10.1. The molecule has 0 fully saturated rings. The number of hydrogen-bond donors (Lipinski definition) is 2. The van der Waals surface area contributed by atoms with Gasteiger partial charge in [-0.05, 0) is 37.6 Å². The van der Waals surface area contributed by atoms with Crippen LogP contribution >= 0.6 is 0 Å². The molecular weight excluding hydrogens is 336 g/mol. The number of esters is 1. The van der Waals surface area contributed by atoms with Gasteiger partial charge in [-0.2, -0.15) is 5.26 Å². The molecule has 3 amide bonds. The minimum atomic E-state index is -1.22. The smallest absolute Gasteiger partial charge is 0.349 e. The number of ether oxygens (including phenoxy) is 1. The largest absolute Gasteiger partial charge is 0.448 e. The monoisotopic (exact) mass is 358 g/mol. The second-order valence-electron chi connectivity index (χ2n) is 5.55. The van der Waals surface area contributed by atoms with Gasteiger partial charge in [0.1, 0.15) is 11.6 Å². The molecule has 1 aromatic rings. The van der Waals surface area contributed by atoms with Crippen LogP contribution in [0, 0.1) is 11.3 Å². The van der Waals surface area contributed by atoms with E-state index in [1.807, 2.05) is 36.4 Å². The Balaban J connectivity index is 2.77. The van der Waals surface area contributed by atoms with Crippen LogP contribution < -0.4 is 15.5 Å². The summed E-state index contributed by atoms with van der Waals surface area (Å²) < 4.78 is 4.95. The van der Waals surface area contributed by atoms with E-state index < -0.39 is 24.0 Å². The van der Waals surface area contributed by atoms with E-state index in [-0.39, 0.29) is 5.57 Å². The predicted molar refractivity (Wildman–Crippen MR) is 97.1 cm³/mol. The highest BCUT2D eigenvalue weighted by molar-refractivity contribution is 6.01. The van der Waals surface area contributed by atoms with E-state index in [9.17, 15) is 19.6 Å². The van der Waals surface area contributed by atoms with Crippen LogP contribution in [0.1, 0.15) is 19.4 Å². The van der Waals surface area contributed by atoms with Crippen molar-refractivity contribution in [2.75, 3.05) is 25.5 Å². The number of hydrogen-bond acceptors (Lipinski definition) is 6. The third-order valence-corrected chi connectivity index (χ3v) is 3.29.